The van der Waals surface area contributed by atoms with Gasteiger partial charge in [0.05, 0.1) is 6.20 Å². The van der Waals surface area contributed by atoms with Crippen molar-refractivity contribution in [2.45, 2.75) is 26.4 Å². The summed E-state index contributed by atoms with van der Waals surface area (Å²) in [7, 11) is 0. The summed E-state index contributed by atoms with van der Waals surface area (Å²) in [5.41, 5.74) is -0.285. The first-order chi connectivity index (χ1) is 7.87. The van der Waals surface area contributed by atoms with E-state index in [0.717, 1.165) is 0 Å². The maximum absolute atomic E-state index is 11.8. The number of nitrogens with one attached hydrogen (secondary N) is 1. The summed E-state index contributed by atoms with van der Waals surface area (Å²) in [5.74, 6) is -0.505. The molecule has 2 heterocycles. The second kappa shape index (κ2) is 3.73. The van der Waals surface area contributed by atoms with Crippen LogP contribution in [0.1, 0.15) is 31.1 Å². The molecule has 0 bridgehead atoms. The molecule has 0 aromatic carbocycles. The van der Waals surface area contributed by atoms with Gasteiger partial charge in [-0.15, -0.1) is 0 Å². The lowest BCUT2D eigenvalue weighted by molar-refractivity contribution is 0.00716. The van der Waals surface area contributed by atoms with Gasteiger partial charge >= 0.3 is 5.97 Å². The molecule has 0 aliphatic rings. The maximum Gasteiger partial charge on any atom is 0.344 e. The molecule has 0 atom stereocenters. The van der Waals surface area contributed by atoms with Crippen LogP contribution in [0, 0.1) is 0 Å². The molecular formula is C11H13N3O3. The number of nitrogens with zero attached hydrogens (tertiary/aromatic N) is 2. The summed E-state index contributed by atoms with van der Waals surface area (Å²) >= 11 is 0. The van der Waals surface area contributed by atoms with Gasteiger partial charge in [-0.1, -0.05) is 0 Å². The van der Waals surface area contributed by atoms with Gasteiger partial charge in [0, 0.05) is 12.3 Å². The maximum atomic E-state index is 11.8. The molecule has 2 aromatic heterocycles. The van der Waals surface area contributed by atoms with Gasteiger partial charge in [-0.05, 0) is 20.8 Å². The molecule has 0 saturated heterocycles. The van der Waals surface area contributed by atoms with Crippen LogP contribution in [-0.2, 0) is 4.74 Å². The summed E-state index contributed by atoms with van der Waals surface area (Å²) < 4.78 is 6.63. The van der Waals surface area contributed by atoms with Crippen LogP contribution in [0.4, 0.5) is 0 Å². The Morgan fingerprint density at radius 1 is 1.47 bits per heavy atom. The van der Waals surface area contributed by atoms with Gasteiger partial charge in [-0.3, -0.25) is 4.79 Å². The van der Waals surface area contributed by atoms with Crippen LogP contribution < -0.4 is 5.56 Å². The van der Waals surface area contributed by atoms with E-state index in [9.17, 15) is 9.59 Å². The quantitative estimate of drug-likeness (QED) is 0.747. The van der Waals surface area contributed by atoms with Crippen molar-refractivity contribution in [2.24, 2.45) is 0 Å². The fourth-order valence-electron chi connectivity index (χ4n) is 1.38. The Balaban J connectivity index is 2.46. The molecule has 0 radical (unpaired) electrons. The van der Waals surface area contributed by atoms with Gasteiger partial charge in [0.1, 0.15) is 11.2 Å². The average molecular weight is 235 g/mol. The molecule has 0 saturated carbocycles. The van der Waals surface area contributed by atoms with E-state index in [1.54, 1.807) is 20.8 Å². The van der Waals surface area contributed by atoms with Crippen molar-refractivity contribution < 1.29 is 9.53 Å². The molecule has 0 unspecified atom stereocenters. The Morgan fingerprint density at radius 2 is 2.18 bits per heavy atom. The van der Waals surface area contributed by atoms with E-state index in [2.05, 4.69) is 10.1 Å². The fraction of sp³-hybridized carbons (Fsp3) is 0.364. The lowest BCUT2D eigenvalue weighted by atomic mass is 10.2. The van der Waals surface area contributed by atoms with Gasteiger partial charge in [0.15, 0.2) is 5.65 Å². The topological polar surface area (TPSA) is 76.5 Å². The number of hydrogen-bond donors (Lipinski definition) is 1. The predicted octanol–water partition coefficient (Wildman–Crippen LogP) is 0.978. The van der Waals surface area contributed by atoms with Gasteiger partial charge in [0.2, 0.25) is 0 Å². The van der Waals surface area contributed by atoms with Crippen molar-refractivity contribution in [3.8, 4) is 0 Å². The zero-order valence-corrected chi connectivity index (χ0v) is 9.85. The SMILES string of the molecule is CC(C)(C)OC(=O)c1cnn2ccc(=O)[nH]c12. The monoisotopic (exact) mass is 235 g/mol. The Morgan fingerprint density at radius 3 is 2.82 bits per heavy atom. The van der Waals surface area contributed by atoms with Gasteiger partial charge in [-0.25, -0.2) is 9.31 Å². The Kier molecular flexibility index (Phi) is 2.49. The van der Waals surface area contributed by atoms with Crippen LogP contribution >= 0.6 is 0 Å². The lowest BCUT2D eigenvalue weighted by Crippen LogP contribution is -2.24. The van der Waals surface area contributed by atoms with Gasteiger partial charge in [0.25, 0.3) is 5.56 Å². The molecule has 0 aliphatic carbocycles. The first kappa shape index (κ1) is 11.4. The number of carbonyl (C=O) groups is 1. The number of rotatable bonds is 1. The summed E-state index contributed by atoms with van der Waals surface area (Å²) in [6, 6.07) is 1.33. The Hall–Kier alpha value is -2.11. The molecule has 2 rings (SSSR count). The van der Waals surface area contributed by atoms with Crippen LogP contribution in [0.5, 0.6) is 0 Å². The molecule has 90 valence electrons. The number of esters is 1. The molecule has 0 spiro atoms. The van der Waals surface area contributed by atoms with Gasteiger partial charge < -0.3 is 9.72 Å². The molecular weight excluding hydrogens is 222 g/mol. The van der Waals surface area contributed by atoms with Crippen LogP contribution in [0.25, 0.3) is 5.65 Å². The molecule has 1 N–H and O–H groups in total. The van der Waals surface area contributed by atoms with E-state index in [-0.39, 0.29) is 11.1 Å². The minimum atomic E-state index is -0.583. The number of ether oxygens (including phenoxy) is 1. The number of fused-ring (bicyclic) bond motifs is 1. The smallest absolute Gasteiger partial charge is 0.344 e. The molecule has 6 heteroatoms. The summed E-state index contributed by atoms with van der Waals surface area (Å²) in [6.07, 6.45) is 2.86. The standard InChI is InChI=1S/C11H13N3O3/c1-11(2,3)17-10(16)7-6-12-14-5-4-8(15)13-9(7)14/h4-6H,1-3H3,(H,13,15). The third kappa shape index (κ3) is 2.35. The van der Waals surface area contributed by atoms with Crippen molar-refractivity contribution in [3.63, 3.8) is 0 Å². The molecule has 6 nitrogen and oxygen atoms in total. The van der Waals surface area contributed by atoms with Crippen LogP contribution in [0.3, 0.4) is 0 Å². The zero-order chi connectivity index (χ0) is 12.6. The third-order valence-electron chi connectivity index (χ3n) is 2.02. The first-order valence-corrected chi connectivity index (χ1v) is 5.17. The summed E-state index contributed by atoms with van der Waals surface area (Å²) in [4.78, 5) is 25.6. The highest BCUT2D eigenvalue weighted by Crippen LogP contribution is 2.14. The van der Waals surface area contributed by atoms with Crippen LogP contribution in [0.15, 0.2) is 23.3 Å². The number of H-pyrrole nitrogens is 1. The highest BCUT2D eigenvalue weighted by Gasteiger charge is 2.21. The Labute approximate surface area is 97.2 Å². The van der Waals surface area contributed by atoms with E-state index in [4.69, 9.17) is 4.74 Å². The second-order valence-corrected chi connectivity index (χ2v) is 4.66. The highest BCUT2D eigenvalue weighted by molar-refractivity contribution is 5.95. The zero-order valence-electron chi connectivity index (χ0n) is 9.85. The van der Waals surface area contributed by atoms with Crippen molar-refractivity contribution in [1.82, 2.24) is 14.6 Å². The molecule has 0 amide bonds. The van der Waals surface area contributed by atoms with Crippen molar-refractivity contribution in [2.75, 3.05) is 0 Å². The van der Waals surface area contributed by atoms with Crippen LogP contribution in [-0.4, -0.2) is 26.2 Å². The van der Waals surface area contributed by atoms with E-state index < -0.39 is 11.6 Å². The predicted molar refractivity (Wildman–Crippen MR) is 61.0 cm³/mol. The van der Waals surface area contributed by atoms with Crippen LogP contribution in [0.2, 0.25) is 0 Å². The van der Waals surface area contributed by atoms with Crippen molar-refractivity contribution >= 4 is 11.6 Å². The van der Waals surface area contributed by atoms with E-state index >= 15 is 0 Å². The molecule has 2 aromatic rings. The van der Waals surface area contributed by atoms with E-state index in [1.165, 1.54) is 23.0 Å². The molecule has 0 fully saturated rings. The Bertz CT molecular complexity index is 619. The number of hydrogen-bond acceptors (Lipinski definition) is 4. The van der Waals surface area contributed by atoms with Gasteiger partial charge in [-0.2, -0.15) is 5.10 Å². The van der Waals surface area contributed by atoms with E-state index in [0.29, 0.717) is 5.65 Å². The number of aromatic amines is 1. The molecule has 17 heavy (non-hydrogen) atoms. The second-order valence-electron chi connectivity index (χ2n) is 4.66. The largest absolute Gasteiger partial charge is 0.456 e. The normalized spacial score (nSPS) is 11.7. The number of carbonyl (C=O) groups excluding carboxylic acids is 1. The minimum absolute atomic E-state index is 0.248. The number of aromatic nitrogens is 3. The molecule has 0 aliphatic heterocycles. The average Bonchev–Trinajstić information content (AvgIpc) is 2.57. The van der Waals surface area contributed by atoms with Crippen molar-refractivity contribution in [1.29, 1.82) is 0 Å². The fourth-order valence-corrected chi connectivity index (χ4v) is 1.38. The summed E-state index contributed by atoms with van der Waals surface area (Å²) in [5, 5.41) is 3.96. The lowest BCUT2D eigenvalue weighted by Gasteiger charge is -2.18. The summed E-state index contributed by atoms with van der Waals surface area (Å²) in [6.45, 7) is 5.33. The third-order valence-corrected chi connectivity index (χ3v) is 2.02. The first-order valence-electron chi connectivity index (χ1n) is 5.17. The van der Waals surface area contributed by atoms with E-state index in [1.807, 2.05) is 0 Å². The minimum Gasteiger partial charge on any atom is -0.456 e. The highest BCUT2D eigenvalue weighted by atomic mass is 16.6. The van der Waals surface area contributed by atoms with Crippen molar-refractivity contribution in [3.05, 3.63) is 34.4 Å².